The zero-order valence-electron chi connectivity index (χ0n) is 14.4. The third-order valence-corrected chi connectivity index (χ3v) is 4.24. The third kappa shape index (κ3) is 4.20. The summed E-state index contributed by atoms with van der Waals surface area (Å²) in [5, 5.41) is 2.96. The number of carbonyl (C=O) groups excluding carboxylic acids is 1. The van der Waals surface area contributed by atoms with Gasteiger partial charge >= 0.3 is 6.01 Å². The maximum absolute atomic E-state index is 12.0. The molecule has 1 N–H and O–H groups in total. The van der Waals surface area contributed by atoms with Gasteiger partial charge in [-0.3, -0.25) is 4.79 Å². The number of nitrogens with zero attached hydrogens (tertiary/aromatic N) is 3. The van der Waals surface area contributed by atoms with Crippen LogP contribution in [0.15, 0.2) is 29.1 Å². The van der Waals surface area contributed by atoms with Gasteiger partial charge in [-0.2, -0.15) is 9.97 Å². The Bertz CT molecular complexity index is 682. The molecule has 1 atom stereocenters. The fourth-order valence-electron chi connectivity index (χ4n) is 2.92. The van der Waals surface area contributed by atoms with Crippen molar-refractivity contribution in [2.45, 2.75) is 12.8 Å². The van der Waals surface area contributed by atoms with Crippen molar-refractivity contribution in [1.82, 2.24) is 15.3 Å². The molecule has 3 heterocycles. The highest BCUT2D eigenvalue weighted by Gasteiger charge is 2.23. The molecule has 1 unspecified atom stereocenters. The summed E-state index contributed by atoms with van der Waals surface area (Å²) in [6.45, 7) is 2.31. The minimum absolute atomic E-state index is 0.115. The molecular weight excluding hydrogens is 324 g/mol. The average Bonchev–Trinajstić information content (AvgIpc) is 3.20. The molecule has 0 aromatic carbocycles. The Morgan fingerprint density at radius 2 is 2.28 bits per heavy atom. The van der Waals surface area contributed by atoms with E-state index in [-0.39, 0.29) is 11.9 Å². The van der Waals surface area contributed by atoms with Gasteiger partial charge in [0.1, 0.15) is 12.1 Å². The van der Waals surface area contributed by atoms with E-state index in [1.54, 1.807) is 19.2 Å². The molecule has 3 rings (SSSR count). The van der Waals surface area contributed by atoms with E-state index in [4.69, 9.17) is 13.9 Å². The second-order valence-corrected chi connectivity index (χ2v) is 5.93. The van der Waals surface area contributed by atoms with E-state index in [2.05, 4.69) is 20.2 Å². The molecule has 8 nitrogen and oxygen atoms in total. The van der Waals surface area contributed by atoms with Crippen LogP contribution < -0.4 is 19.7 Å². The van der Waals surface area contributed by atoms with Crippen molar-refractivity contribution in [3.8, 4) is 11.9 Å². The molecule has 1 fully saturated rings. The number of amides is 1. The molecule has 2 aromatic heterocycles. The highest BCUT2D eigenvalue weighted by Crippen LogP contribution is 2.25. The summed E-state index contributed by atoms with van der Waals surface area (Å²) in [5.41, 5.74) is 0.540. The Morgan fingerprint density at radius 3 is 3.00 bits per heavy atom. The second-order valence-electron chi connectivity index (χ2n) is 5.93. The van der Waals surface area contributed by atoms with Gasteiger partial charge in [-0.1, -0.05) is 0 Å². The molecule has 1 saturated heterocycles. The Balaban J connectivity index is 1.62. The van der Waals surface area contributed by atoms with Gasteiger partial charge in [-0.15, -0.1) is 0 Å². The minimum Gasteiger partial charge on any atom is -0.481 e. The zero-order valence-corrected chi connectivity index (χ0v) is 14.4. The van der Waals surface area contributed by atoms with E-state index in [9.17, 15) is 4.79 Å². The monoisotopic (exact) mass is 346 g/mol. The predicted molar refractivity (Wildman–Crippen MR) is 91.1 cm³/mol. The summed E-state index contributed by atoms with van der Waals surface area (Å²) in [5.74, 6) is 1.47. The summed E-state index contributed by atoms with van der Waals surface area (Å²) >= 11 is 0. The molecule has 0 spiro atoms. The summed E-state index contributed by atoms with van der Waals surface area (Å²) in [6, 6.07) is 3.74. The van der Waals surface area contributed by atoms with Crippen LogP contribution in [-0.2, 0) is 0 Å². The summed E-state index contributed by atoms with van der Waals surface area (Å²) in [7, 11) is 3.10. The summed E-state index contributed by atoms with van der Waals surface area (Å²) in [4.78, 5) is 22.7. The van der Waals surface area contributed by atoms with E-state index in [1.165, 1.54) is 19.6 Å². The molecule has 0 radical (unpaired) electrons. The first kappa shape index (κ1) is 17.1. The van der Waals surface area contributed by atoms with Gasteiger partial charge in [0.2, 0.25) is 5.88 Å². The Kier molecular flexibility index (Phi) is 5.37. The number of furan rings is 1. The lowest BCUT2D eigenvalue weighted by atomic mass is 9.98. The maximum atomic E-state index is 12.0. The molecule has 1 aliphatic heterocycles. The number of anilines is 1. The number of hydrogen-bond donors (Lipinski definition) is 1. The van der Waals surface area contributed by atoms with Gasteiger partial charge in [-0.05, 0) is 24.8 Å². The Morgan fingerprint density at radius 1 is 1.40 bits per heavy atom. The quantitative estimate of drug-likeness (QED) is 0.852. The molecule has 1 aliphatic rings. The van der Waals surface area contributed by atoms with Gasteiger partial charge < -0.3 is 24.1 Å². The number of aromatic nitrogens is 2. The van der Waals surface area contributed by atoms with Gasteiger partial charge in [-0.25, -0.2) is 0 Å². The highest BCUT2D eigenvalue weighted by molar-refractivity contribution is 5.93. The normalized spacial score (nSPS) is 17.2. The molecule has 0 aliphatic carbocycles. The zero-order chi connectivity index (χ0) is 17.6. The molecule has 134 valence electrons. The van der Waals surface area contributed by atoms with Gasteiger partial charge in [0.05, 0.1) is 26.0 Å². The number of rotatable bonds is 6. The van der Waals surface area contributed by atoms with Crippen molar-refractivity contribution >= 4 is 11.7 Å². The predicted octanol–water partition coefficient (Wildman–Crippen LogP) is 1.73. The van der Waals surface area contributed by atoms with E-state index in [0.29, 0.717) is 23.9 Å². The minimum atomic E-state index is -0.115. The van der Waals surface area contributed by atoms with Crippen molar-refractivity contribution in [2.75, 3.05) is 38.8 Å². The first-order valence-electron chi connectivity index (χ1n) is 8.22. The molecule has 8 heteroatoms. The van der Waals surface area contributed by atoms with Crippen molar-refractivity contribution < 1.29 is 18.7 Å². The number of nitrogens with one attached hydrogen (secondary N) is 1. The number of hydrogen-bond acceptors (Lipinski definition) is 7. The first-order valence-corrected chi connectivity index (χ1v) is 8.22. The van der Waals surface area contributed by atoms with Crippen LogP contribution in [0.25, 0.3) is 0 Å². The van der Waals surface area contributed by atoms with Crippen LogP contribution in [0.2, 0.25) is 0 Å². The number of carbonyl (C=O) groups is 1. The molecule has 25 heavy (non-hydrogen) atoms. The maximum Gasteiger partial charge on any atom is 0.321 e. The van der Waals surface area contributed by atoms with Crippen LogP contribution in [0.3, 0.4) is 0 Å². The third-order valence-electron chi connectivity index (χ3n) is 4.24. The fraction of sp³-hybridized carbons (Fsp3) is 0.471. The van der Waals surface area contributed by atoms with Crippen LogP contribution >= 0.6 is 0 Å². The topological polar surface area (TPSA) is 89.7 Å². The van der Waals surface area contributed by atoms with Crippen LogP contribution in [-0.4, -0.2) is 49.7 Å². The van der Waals surface area contributed by atoms with Crippen LogP contribution in [0.4, 0.5) is 5.82 Å². The molecule has 1 amide bonds. The molecular formula is C17H22N4O4. The lowest BCUT2D eigenvalue weighted by Crippen LogP contribution is -2.41. The SMILES string of the molecule is COc1cc(N2CCCC(CNC(=O)c3ccoc3)C2)nc(OC)n1. The molecule has 0 bridgehead atoms. The average molecular weight is 346 g/mol. The van der Waals surface area contributed by atoms with E-state index in [0.717, 1.165) is 31.7 Å². The first-order chi connectivity index (χ1) is 12.2. The summed E-state index contributed by atoms with van der Waals surface area (Å²) in [6.07, 6.45) is 5.03. The molecule has 0 saturated carbocycles. The van der Waals surface area contributed by atoms with E-state index in [1.807, 2.05) is 0 Å². The van der Waals surface area contributed by atoms with E-state index >= 15 is 0 Å². The number of methoxy groups -OCH3 is 2. The smallest absolute Gasteiger partial charge is 0.321 e. The fourth-order valence-corrected chi connectivity index (χ4v) is 2.92. The Labute approximate surface area is 146 Å². The van der Waals surface area contributed by atoms with Crippen molar-refractivity contribution in [3.63, 3.8) is 0 Å². The van der Waals surface area contributed by atoms with Crippen LogP contribution in [0.1, 0.15) is 23.2 Å². The van der Waals surface area contributed by atoms with Crippen molar-refractivity contribution in [2.24, 2.45) is 5.92 Å². The van der Waals surface area contributed by atoms with Gasteiger partial charge in [0.15, 0.2) is 0 Å². The largest absolute Gasteiger partial charge is 0.481 e. The standard InChI is InChI=1S/C17H22N4O4/c1-23-15-8-14(19-17(20-15)24-2)21-6-3-4-12(10-21)9-18-16(22)13-5-7-25-11-13/h5,7-8,11-12H,3-4,6,9-10H2,1-2H3,(H,18,22). The van der Waals surface area contributed by atoms with Crippen LogP contribution in [0.5, 0.6) is 11.9 Å². The number of ether oxygens (including phenoxy) is 2. The second kappa shape index (κ2) is 7.87. The lowest BCUT2D eigenvalue weighted by molar-refractivity contribution is 0.0945. The van der Waals surface area contributed by atoms with E-state index < -0.39 is 0 Å². The lowest BCUT2D eigenvalue weighted by Gasteiger charge is -2.33. The van der Waals surface area contributed by atoms with Crippen molar-refractivity contribution in [3.05, 3.63) is 30.2 Å². The Hall–Kier alpha value is -2.77. The van der Waals surface area contributed by atoms with Gasteiger partial charge in [0.25, 0.3) is 5.91 Å². The van der Waals surface area contributed by atoms with Gasteiger partial charge in [0, 0.05) is 25.7 Å². The number of piperidine rings is 1. The molecule has 2 aromatic rings. The van der Waals surface area contributed by atoms with Crippen LogP contribution in [0, 0.1) is 5.92 Å². The van der Waals surface area contributed by atoms with Crippen molar-refractivity contribution in [1.29, 1.82) is 0 Å². The highest BCUT2D eigenvalue weighted by atomic mass is 16.5. The summed E-state index contributed by atoms with van der Waals surface area (Å²) < 4.78 is 15.3.